The molecule has 0 aromatic heterocycles. The van der Waals surface area contributed by atoms with Gasteiger partial charge in [-0.2, -0.15) is 4.72 Å². The number of carbonyl (C=O) groups excluding carboxylic acids is 1. The van der Waals surface area contributed by atoms with Gasteiger partial charge in [-0.05, 0) is 19.1 Å². The molecule has 0 aliphatic rings. The van der Waals surface area contributed by atoms with Crippen molar-refractivity contribution in [1.82, 2.24) is 4.72 Å². The van der Waals surface area contributed by atoms with Crippen LogP contribution in [0.3, 0.4) is 0 Å². The van der Waals surface area contributed by atoms with E-state index in [0.29, 0.717) is 12.1 Å². The number of hydrogen-bond donors (Lipinski definition) is 2. The van der Waals surface area contributed by atoms with E-state index in [2.05, 4.69) is 4.74 Å². The zero-order valence-corrected chi connectivity index (χ0v) is 11.3. The van der Waals surface area contributed by atoms with E-state index in [1.54, 1.807) is 4.72 Å². The van der Waals surface area contributed by atoms with Crippen molar-refractivity contribution in [3.63, 3.8) is 0 Å². The minimum atomic E-state index is -5.21. The molecular formula is C10H10F4N2O4S. The van der Waals surface area contributed by atoms with Crippen LogP contribution in [-0.4, -0.2) is 26.7 Å². The number of sulfonamides is 1. The monoisotopic (exact) mass is 330 g/mol. The fourth-order valence-electron chi connectivity index (χ4n) is 1.30. The molecule has 0 bridgehead atoms. The molecule has 21 heavy (non-hydrogen) atoms. The lowest BCUT2D eigenvalue weighted by molar-refractivity contribution is -0.275. The Morgan fingerprint density at radius 1 is 1.38 bits per heavy atom. The molecule has 1 aromatic rings. The van der Waals surface area contributed by atoms with Crippen LogP contribution < -0.4 is 15.2 Å². The molecule has 0 aliphatic carbocycles. The molecule has 118 valence electrons. The van der Waals surface area contributed by atoms with E-state index >= 15 is 0 Å². The molecule has 6 nitrogen and oxygen atoms in total. The lowest BCUT2D eigenvalue weighted by Crippen LogP contribution is -2.42. The average Bonchev–Trinajstić information content (AvgIpc) is 2.25. The smallest absolute Gasteiger partial charge is 0.404 e. The fourth-order valence-corrected chi connectivity index (χ4v) is 2.70. The normalized spacial score (nSPS) is 13.8. The molecular weight excluding hydrogens is 320 g/mol. The first-order valence-corrected chi connectivity index (χ1v) is 6.78. The number of carbonyl (C=O) groups is 1. The topological polar surface area (TPSA) is 98.5 Å². The first-order valence-electron chi connectivity index (χ1n) is 5.30. The van der Waals surface area contributed by atoms with Crippen molar-refractivity contribution < 1.29 is 35.5 Å². The lowest BCUT2D eigenvalue weighted by Gasteiger charge is -2.16. The number of primary amides is 1. The van der Waals surface area contributed by atoms with Gasteiger partial charge in [-0.15, -0.1) is 13.2 Å². The van der Waals surface area contributed by atoms with Crippen LogP contribution in [0.1, 0.15) is 6.92 Å². The van der Waals surface area contributed by atoms with Crippen LogP contribution in [0.15, 0.2) is 23.1 Å². The number of ether oxygens (including phenoxy) is 1. The van der Waals surface area contributed by atoms with E-state index in [-0.39, 0.29) is 0 Å². The molecule has 0 saturated carbocycles. The van der Waals surface area contributed by atoms with Crippen LogP contribution in [0.5, 0.6) is 5.75 Å². The summed E-state index contributed by atoms with van der Waals surface area (Å²) in [5, 5.41) is 0. The molecule has 1 unspecified atom stereocenters. The van der Waals surface area contributed by atoms with Gasteiger partial charge >= 0.3 is 6.36 Å². The summed E-state index contributed by atoms with van der Waals surface area (Å²) in [6.45, 7) is 1.05. The van der Waals surface area contributed by atoms with Crippen LogP contribution >= 0.6 is 0 Å². The van der Waals surface area contributed by atoms with Gasteiger partial charge in [0.25, 0.3) is 0 Å². The van der Waals surface area contributed by atoms with E-state index in [4.69, 9.17) is 5.73 Å². The molecule has 0 heterocycles. The van der Waals surface area contributed by atoms with Gasteiger partial charge < -0.3 is 10.5 Å². The number of amides is 1. The Morgan fingerprint density at radius 2 is 1.95 bits per heavy atom. The number of nitrogens with one attached hydrogen (secondary N) is 1. The van der Waals surface area contributed by atoms with Crippen molar-refractivity contribution in [2.24, 2.45) is 5.73 Å². The number of nitrogens with two attached hydrogens (primary N) is 1. The molecule has 1 rings (SSSR count). The van der Waals surface area contributed by atoms with Crippen LogP contribution in [0.2, 0.25) is 0 Å². The van der Waals surface area contributed by atoms with E-state index < -0.39 is 44.8 Å². The SMILES string of the molecule is CC(NS(=O)(=O)c1c(F)cccc1OC(F)(F)F)C(N)=O. The third kappa shape index (κ3) is 4.56. The quantitative estimate of drug-likeness (QED) is 0.783. The van der Waals surface area contributed by atoms with E-state index in [1.165, 1.54) is 0 Å². The summed E-state index contributed by atoms with van der Waals surface area (Å²) in [4.78, 5) is 9.43. The summed E-state index contributed by atoms with van der Waals surface area (Å²) in [5.74, 6) is -3.82. The molecule has 0 spiro atoms. The molecule has 11 heteroatoms. The second-order valence-electron chi connectivity index (χ2n) is 3.86. The van der Waals surface area contributed by atoms with Crippen molar-refractivity contribution in [2.45, 2.75) is 24.2 Å². The fraction of sp³-hybridized carbons (Fsp3) is 0.300. The van der Waals surface area contributed by atoms with Gasteiger partial charge in [-0.25, -0.2) is 12.8 Å². The van der Waals surface area contributed by atoms with Gasteiger partial charge in [0.15, 0.2) is 10.6 Å². The number of rotatable bonds is 5. The molecule has 1 aromatic carbocycles. The first-order chi connectivity index (χ1) is 9.44. The lowest BCUT2D eigenvalue weighted by atomic mass is 10.3. The van der Waals surface area contributed by atoms with Gasteiger partial charge in [-0.1, -0.05) is 6.07 Å². The van der Waals surface area contributed by atoms with E-state index in [0.717, 1.165) is 13.0 Å². The summed E-state index contributed by atoms with van der Waals surface area (Å²) in [5.41, 5.74) is 4.83. The van der Waals surface area contributed by atoms with Gasteiger partial charge in [0, 0.05) is 0 Å². The number of halogens is 4. The second kappa shape index (κ2) is 5.85. The van der Waals surface area contributed by atoms with Gasteiger partial charge in [-0.3, -0.25) is 4.79 Å². The highest BCUT2D eigenvalue weighted by Gasteiger charge is 2.36. The van der Waals surface area contributed by atoms with Crippen LogP contribution in [0, 0.1) is 5.82 Å². The highest BCUT2D eigenvalue weighted by atomic mass is 32.2. The Bertz CT molecular complexity index is 645. The molecule has 0 radical (unpaired) electrons. The summed E-state index contributed by atoms with van der Waals surface area (Å²) >= 11 is 0. The summed E-state index contributed by atoms with van der Waals surface area (Å²) in [6, 6.07) is 0.646. The Kier molecular flexibility index (Phi) is 4.79. The van der Waals surface area contributed by atoms with Crippen LogP contribution in [0.4, 0.5) is 17.6 Å². The van der Waals surface area contributed by atoms with Crippen molar-refractivity contribution in [1.29, 1.82) is 0 Å². The highest BCUT2D eigenvalue weighted by Crippen LogP contribution is 2.31. The van der Waals surface area contributed by atoms with Gasteiger partial charge in [0.05, 0.1) is 6.04 Å². The average molecular weight is 330 g/mol. The van der Waals surface area contributed by atoms with Crippen molar-refractivity contribution in [2.75, 3.05) is 0 Å². The maximum absolute atomic E-state index is 13.6. The maximum atomic E-state index is 13.6. The number of hydrogen-bond acceptors (Lipinski definition) is 4. The van der Waals surface area contributed by atoms with Crippen LogP contribution in [-0.2, 0) is 14.8 Å². The predicted octanol–water partition coefficient (Wildman–Crippen LogP) is 0.876. The molecule has 0 saturated heterocycles. The minimum absolute atomic E-state index is 0.625. The van der Waals surface area contributed by atoms with Crippen molar-refractivity contribution in [3.8, 4) is 5.75 Å². The Labute approximate surface area is 116 Å². The summed E-state index contributed by atoms with van der Waals surface area (Å²) < 4.78 is 79.0. The molecule has 1 amide bonds. The molecule has 1 atom stereocenters. The van der Waals surface area contributed by atoms with Crippen molar-refractivity contribution >= 4 is 15.9 Å². The van der Waals surface area contributed by atoms with Crippen molar-refractivity contribution in [3.05, 3.63) is 24.0 Å². The Morgan fingerprint density at radius 3 is 2.43 bits per heavy atom. The summed E-state index contributed by atoms with van der Waals surface area (Å²) in [7, 11) is -4.79. The summed E-state index contributed by atoms with van der Waals surface area (Å²) in [6.07, 6.45) is -5.21. The molecule has 0 aliphatic heterocycles. The number of alkyl halides is 3. The highest BCUT2D eigenvalue weighted by molar-refractivity contribution is 7.89. The third-order valence-electron chi connectivity index (χ3n) is 2.18. The Balaban J connectivity index is 3.31. The second-order valence-corrected chi connectivity index (χ2v) is 5.51. The largest absolute Gasteiger partial charge is 0.573 e. The van der Waals surface area contributed by atoms with E-state index in [1.807, 2.05) is 0 Å². The zero-order chi connectivity index (χ0) is 16.4. The predicted molar refractivity (Wildman–Crippen MR) is 62.1 cm³/mol. The standard InChI is InChI=1S/C10H10F4N2O4S/c1-5(9(15)17)16-21(18,19)8-6(11)3-2-4-7(8)20-10(12,13)14/h2-5,16H,1H3,(H2,15,17). The molecule has 0 fully saturated rings. The van der Waals surface area contributed by atoms with E-state index in [9.17, 15) is 30.8 Å². The third-order valence-corrected chi connectivity index (χ3v) is 3.78. The Hall–Kier alpha value is -1.88. The van der Waals surface area contributed by atoms with Gasteiger partial charge in [0.2, 0.25) is 15.9 Å². The van der Waals surface area contributed by atoms with Crippen LogP contribution in [0.25, 0.3) is 0 Å². The van der Waals surface area contributed by atoms with Gasteiger partial charge in [0.1, 0.15) is 5.82 Å². The minimum Gasteiger partial charge on any atom is -0.404 e. The number of benzene rings is 1. The zero-order valence-electron chi connectivity index (χ0n) is 10.4. The maximum Gasteiger partial charge on any atom is 0.573 e. The first kappa shape index (κ1) is 17.2. The molecule has 3 N–H and O–H groups in total.